The van der Waals surface area contributed by atoms with Crippen molar-refractivity contribution in [1.82, 2.24) is 19.3 Å². The van der Waals surface area contributed by atoms with E-state index in [4.69, 9.17) is 17.3 Å². The number of H-pyrrole nitrogens is 1. The molecule has 3 heterocycles. The molecule has 0 saturated heterocycles. The molecule has 31 heavy (non-hydrogen) atoms. The minimum Gasteiger partial charge on any atom is -0.323 e. The third-order valence-corrected chi connectivity index (χ3v) is 7.22. The first-order chi connectivity index (χ1) is 14.9. The van der Waals surface area contributed by atoms with E-state index in [1.54, 1.807) is 15.9 Å². The van der Waals surface area contributed by atoms with Crippen molar-refractivity contribution in [2.75, 3.05) is 0 Å². The van der Waals surface area contributed by atoms with E-state index in [9.17, 15) is 4.79 Å². The molecule has 156 valence electrons. The van der Waals surface area contributed by atoms with E-state index < -0.39 is 0 Å². The van der Waals surface area contributed by atoms with Gasteiger partial charge in [0.1, 0.15) is 4.83 Å². The highest BCUT2D eigenvalue weighted by Gasteiger charge is 2.21. The maximum Gasteiger partial charge on any atom is 0.268 e. The lowest BCUT2D eigenvalue weighted by molar-refractivity contribution is 0.837. The Morgan fingerprint density at radius 3 is 2.61 bits per heavy atom. The van der Waals surface area contributed by atoms with Crippen LogP contribution < -0.4 is 5.56 Å². The Labute approximate surface area is 188 Å². The van der Waals surface area contributed by atoms with Crippen LogP contribution in [0.25, 0.3) is 32.4 Å². The normalized spacial score (nSPS) is 11.6. The predicted octanol–water partition coefficient (Wildman–Crippen LogP) is 5.94. The quantitative estimate of drug-likeness (QED) is 0.349. The number of aryl methyl sites for hydroxylation is 3. The van der Waals surface area contributed by atoms with Gasteiger partial charge in [0, 0.05) is 10.3 Å². The molecule has 0 aliphatic carbocycles. The number of aromatic amines is 1. The molecule has 3 aromatic heterocycles. The lowest BCUT2D eigenvalue weighted by atomic mass is 10.1. The molecule has 0 saturated carbocycles. The molecule has 0 spiro atoms. The number of hydrogen-bond donors (Lipinski definition) is 1. The summed E-state index contributed by atoms with van der Waals surface area (Å²) in [6.45, 7) is 8.05. The second-order valence-corrected chi connectivity index (χ2v) is 9.31. The fourth-order valence-corrected chi connectivity index (χ4v) is 5.94. The van der Waals surface area contributed by atoms with Gasteiger partial charge in [0.15, 0.2) is 4.77 Å². The van der Waals surface area contributed by atoms with Crippen molar-refractivity contribution in [2.45, 2.75) is 34.1 Å². The van der Waals surface area contributed by atoms with E-state index in [1.807, 2.05) is 36.7 Å². The summed E-state index contributed by atoms with van der Waals surface area (Å²) in [5.74, 6) is 0. The number of nitrogens with one attached hydrogen (secondary N) is 1. The minimum absolute atomic E-state index is 0.0800. The Balaban J connectivity index is 1.83. The van der Waals surface area contributed by atoms with Gasteiger partial charge in [-0.05, 0) is 56.4 Å². The first-order valence-corrected chi connectivity index (χ1v) is 11.5. The first kappa shape index (κ1) is 19.9. The van der Waals surface area contributed by atoms with E-state index in [1.165, 1.54) is 0 Å². The molecular weight excluding hydrogens is 424 g/mol. The van der Waals surface area contributed by atoms with Crippen LogP contribution in [-0.4, -0.2) is 19.3 Å². The molecule has 0 amide bonds. The third-order valence-electron chi connectivity index (χ3n) is 5.87. The van der Waals surface area contributed by atoms with Crippen LogP contribution in [-0.2, 0) is 6.42 Å². The number of nitrogens with zero attached hydrogens (tertiary/aromatic N) is 3. The van der Waals surface area contributed by atoms with Gasteiger partial charge >= 0.3 is 0 Å². The van der Waals surface area contributed by atoms with Crippen LogP contribution >= 0.6 is 23.6 Å². The zero-order chi connectivity index (χ0) is 21.9. The first-order valence-electron chi connectivity index (χ1n) is 10.2. The summed E-state index contributed by atoms with van der Waals surface area (Å²) in [7, 11) is 0. The Morgan fingerprint density at radius 1 is 1.10 bits per heavy atom. The van der Waals surface area contributed by atoms with Gasteiger partial charge in [0.2, 0.25) is 0 Å². The number of aromatic nitrogens is 4. The third kappa shape index (κ3) is 2.91. The van der Waals surface area contributed by atoms with Crippen molar-refractivity contribution < 1.29 is 0 Å². The summed E-state index contributed by atoms with van der Waals surface area (Å²) in [6.07, 6.45) is 0.804. The number of hydrogen-bond acceptors (Lipinski definition) is 4. The largest absolute Gasteiger partial charge is 0.323 e. The van der Waals surface area contributed by atoms with Gasteiger partial charge in [-0.3, -0.25) is 4.79 Å². The number of fused-ring (bicyclic) bond motifs is 2. The molecule has 0 fully saturated rings. The van der Waals surface area contributed by atoms with Crippen molar-refractivity contribution in [3.05, 3.63) is 79.4 Å². The molecule has 0 radical (unpaired) electrons. The van der Waals surface area contributed by atoms with Gasteiger partial charge in [-0.2, -0.15) is 5.10 Å². The van der Waals surface area contributed by atoms with Gasteiger partial charge < -0.3 is 4.98 Å². The number of thiophene rings is 1. The Hall–Kier alpha value is -3.03. The summed E-state index contributed by atoms with van der Waals surface area (Å²) in [5, 5.41) is 7.80. The van der Waals surface area contributed by atoms with Gasteiger partial charge in [-0.1, -0.05) is 43.3 Å². The van der Waals surface area contributed by atoms with Crippen molar-refractivity contribution in [3.63, 3.8) is 0 Å². The van der Waals surface area contributed by atoms with E-state index in [0.717, 1.165) is 60.6 Å². The van der Waals surface area contributed by atoms with E-state index in [-0.39, 0.29) is 5.56 Å². The van der Waals surface area contributed by atoms with Gasteiger partial charge in [-0.15, -0.1) is 11.3 Å². The molecule has 5 nitrogen and oxygen atoms in total. The molecule has 0 atom stereocenters. The van der Waals surface area contributed by atoms with Crippen molar-refractivity contribution >= 4 is 44.5 Å². The molecule has 7 heteroatoms. The Kier molecular flexibility index (Phi) is 4.68. The zero-order valence-electron chi connectivity index (χ0n) is 17.8. The lowest BCUT2D eigenvalue weighted by Gasteiger charge is -2.10. The van der Waals surface area contributed by atoms with Crippen LogP contribution in [0.1, 0.15) is 28.8 Å². The van der Waals surface area contributed by atoms with E-state index in [0.29, 0.717) is 4.77 Å². The molecule has 0 bridgehead atoms. The fraction of sp³-hybridized carbons (Fsp3) is 0.208. The Morgan fingerprint density at radius 2 is 1.84 bits per heavy atom. The summed E-state index contributed by atoms with van der Waals surface area (Å²) in [4.78, 5) is 18.9. The minimum atomic E-state index is -0.0800. The highest BCUT2D eigenvalue weighted by molar-refractivity contribution is 7.71. The van der Waals surface area contributed by atoms with Crippen molar-refractivity contribution in [2.24, 2.45) is 0 Å². The molecule has 2 aromatic carbocycles. The lowest BCUT2D eigenvalue weighted by Crippen LogP contribution is -2.21. The van der Waals surface area contributed by atoms with E-state index in [2.05, 4.69) is 43.1 Å². The monoisotopic (exact) mass is 446 g/mol. The van der Waals surface area contributed by atoms with Gasteiger partial charge in [0.25, 0.3) is 5.56 Å². The van der Waals surface area contributed by atoms with Crippen LogP contribution in [0.5, 0.6) is 0 Å². The predicted molar refractivity (Wildman–Crippen MR) is 131 cm³/mol. The molecule has 1 N–H and O–H groups in total. The van der Waals surface area contributed by atoms with E-state index >= 15 is 0 Å². The smallest absolute Gasteiger partial charge is 0.268 e. The average Bonchev–Trinajstić information content (AvgIpc) is 3.23. The molecule has 5 rings (SSSR count). The summed E-state index contributed by atoms with van der Waals surface area (Å²) >= 11 is 7.23. The summed E-state index contributed by atoms with van der Waals surface area (Å²) < 4.78 is 3.92. The Bertz CT molecular complexity index is 1590. The molecule has 0 aliphatic rings. The van der Waals surface area contributed by atoms with Gasteiger partial charge in [0.05, 0.1) is 28.1 Å². The summed E-state index contributed by atoms with van der Waals surface area (Å²) in [5.41, 5.74) is 4.36. The van der Waals surface area contributed by atoms with Crippen molar-refractivity contribution in [3.8, 4) is 11.4 Å². The SMILES string of the molecule is CCc1c(C)sc2[nH]c(=S)n(-c3c(C)nn(-c4cccc5ccccc45)c3C)c(=O)c12. The zero-order valence-corrected chi connectivity index (χ0v) is 19.4. The van der Waals surface area contributed by atoms with Crippen LogP contribution in [0.3, 0.4) is 0 Å². The highest BCUT2D eigenvalue weighted by Crippen LogP contribution is 2.30. The molecular formula is C24H22N4OS2. The second-order valence-electron chi connectivity index (χ2n) is 7.69. The van der Waals surface area contributed by atoms with Crippen LogP contribution in [0.4, 0.5) is 0 Å². The molecule has 0 aliphatic heterocycles. The highest BCUT2D eigenvalue weighted by atomic mass is 32.1. The fourth-order valence-electron chi connectivity index (χ4n) is 4.46. The summed E-state index contributed by atoms with van der Waals surface area (Å²) in [6, 6.07) is 14.4. The topological polar surface area (TPSA) is 55.6 Å². The van der Waals surface area contributed by atoms with Gasteiger partial charge in [-0.25, -0.2) is 9.25 Å². The number of benzene rings is 2. The van der Waals surface area contributed by atoms with Crippen LogP contribution in [0, 0.1) is 25.5 Å². The maximum atomic E-state index is 13.7. The second kappa shape index (κ2) is 7.28. The standard InChI is InChI=1S/C24H22N4OS2/c1-5-17-15(4)31-22-20(17)23(29)27(24(30)25-22)21-13(2)26-28(14(21)3)19-12-8-10-16-9-6-7-11-18(16)19/h6-12H,5H2,1-4H3,(H,25,30). The average molecular weight is 447 g/mol. The molecule has 0 unspecified atom stereocenters. The van der Waals surface area contributed by atoms with Crippen LogP contribution in [0.15, 0.2) is 47.3 Å². The number of rotatable bonds is 3. The van der Waals surface area contributed by atoms with Crippen molar-refractivity contribution in [1.29, 1.82) is 0 Å². The molecule has 5 aromatic rings. The van der Waals surface area contributed by atoms with Crippen LogP contribution in [0.2, 0.25) is 0 Å². The maximum absolute atomic E-state index is 13.7.